The number of halogens is 1. The minimum atomic E-state index is -1.51. The minimum absolute atomic E-state index is 0.175. The van der Waals surface area contributed by atoms with Crippen LogP contribution in [0.2, 0.25) is 0 Å². The summed E-state index contributed by atoms with van der Waals surface area (Å²) >= 11 is 0. The van der Waals surface area contributed by atoms with Crippen molar-refractivity contribution < 1.29 is 19.0 Å². The van der Waals surface area contributed by atoms with Crippen LogP contribution < -0.4 is 5.56 Å². The second-order valence-electron chi connectivity index (χ2n) is 7.94. The molecule has 1 aliphatic heterocycles. The van der Waals surface area contributed by atoms with E-state index in [1.165, 1.54) is 6.07 Å². The number of aromatic nitrogens is 2. The Bertz CT molecular complexity index is 1300. The summed E-state index contributed by atoms with van der Waals surface area (Å²) in [5.41, 5.74) is 5.39. The number of carbonyl (C=O) groups is 1. The predicted molar refractivity (Wildman–Crippen MR) is 109 cm³/mol. The Morgan fingerprint density at radius 2 is 2.00 bits per heavy atom. The van der Waals surface area contributed by atoms with Crippen molar-refractivity contribution in [1.82, 2.24) is 9.97 Å². The van der Waals surface area contributed by atoms with E-state index in [0.29, 0.717) is 28.9 Å². The second kappa shape index (κ2) is 6.74. The number of aliphatic hydroxyl groups excluding tert-OH is 1. The van der Waals surface area contributed by atoms with Gasteiger partial charge in [0, 0.05) is 17.0 Å². The van der Waals surface area contributed by atoms with E-state index >= 15 is 0 Å². The number of aryl methyl sites for hydroxylation is 2. The molecule has 30 heavy (non-hydrogen) atoms. The molecular weight excluding hydrogens is 387 g/mol. The van der Waals surface area contributed by atoms with Crippen molar-refractivity contribution in [2.24, 2.45) is 0 Å². The van der Waals surface area contributed by atoms with E-state index in [-0.39, 0.29) is 23.6 Å². The number of aliphatic hydroxyl groups is 1. The zero-order chi connectivity index (χ0) is 21.2. The second-order valence-corrected chi connectivity index (χ2v) is 7.94. The minimum Gasteiger partial charge on any atom is -0.458 e. The van der Waals surface area contributed by atoms with Gasteiger partial charge in [0.15, 0.2) is 6.10 Å². The summed E-state index contributed by atoms with van der Waals surface area (Å²) in [7, 11) is 0. The van der Waals surface area contributed by atoms with E-state index in [1.54, 1.807) is 13.0 Å². The summed E-state index contributed by atoms with van der Waals surface area (Å²) in [4.78, 5) is 32.0. The van der Waals surface area contributed by atoms with Gasteiger partial charge in [0.05, 0.1) is 22.5 Å². The number of nitrogens with zero attached hydrogens (tertiary/aromatic N) is 1. The quantitative estimate of drug-likeness (QED) is 0.636. The number of cyclic esters (lactones) is 1. The molecule has 0 fully saturated rings. The monoisotopic (exact) mass is 408 g/mol. The molecule has 2 aromatic heterocycles. The first-order chi connectivity index (χ1) is 14.4. The molecule has 3 aromatic rings. The van der Waals surface area contributed by atoms with Crippen molar-refractivity contribution in [3.05, 3.63) is 61.7 Å². The number of carbonyl (C=O) groups excluding carboxylic acids is 1. The predicted octanol–water partition coefficient (Wildman–Crippen LogP) is 3.18. The lowest BCUT2D eigenvalue weighted by molar-refractivity contribution is -0.157. The zero-order valence-corrected chi connectivity index (χ0v) is 16.8. The van der Waals surface area contributed by atoms with Crippen molar-refractivity contribution in [1.29, 1.82) is 0 Å². The molecule has 0 bridgehead atoms. The lowest BCUT2D eigenvalue weighted by Gasteiger charge is -2.25. The number of H-pyrrole nitrogens is 1. The van der Waals surface area contributed by atoms with Crippen LogP contribution in [-0.4, -0.2) is 21.0 Å². The third kappa shape index (κ3) is 2.61. The molecule has 1 atom stereocenters. The van der Waals surface area contributed by atoms with Crippen molar-refractivity contribution in [3.8, 4) is 11.4 Å². The third-order valence-electron chi connectivity index (χ3n) is 6.33. The van der Waals surface area contributed by atoms with Gasteiger partial charge < -0.3 is 14.8 Å². The van der Waals surface area contributed by atoms with Crippen molar-refractivity contribution in [3.63, 3.8) is 0 Å². The van der Waals surface area contributed by atoms with Gasteiger partial charge in [0.1, 0.15) is 12.4 Å². The lowest BCUT2D eigenvalue weighted by atomic mass is 9.83. The molecule has 0 radical (unpaired) electrons. The van der Waals surface area contributed by atoms with Crippen LogP contribution in [0.4, 0.5) is 4.39 Å². The van der Waals surface area contributed by atoms with Gasteiger partial charge in [-0.25, -0.2) is 14.2 Å². The molecular formula is C23H21FN2O4. The molecule has 0 saturated carbocycles. The van der Waals surface area contributed by atoms with Crippen molar-refractivity contribution in [2.75, 3.05) is 0 Å². The maximum absolute atomic E-state index is 14.6. The van der Waals surface area contributed by atoms with E-state index in [9.17, 15) is 19.1 Å². The maximum atomic E-state index is 14.6. The van der Waals surface area contributed by atoms with Crippen LogP contribution in [0.5, 0.6) is 0 Å². The number of fused-ring (bicyclic) bond motifs is 1. The summed E-state index contributed by atoms with van der Waals surface area (Å²) < 4.78 is 19.4. The van der Waals surface area contributed by atoms with Crippen LogP contribution in [0.3, 0.4) is 0 Å². The lowest BCUT2D eigenvalue weighted by Crippen LogP contribution is -2.29. The largest absolute Gasteiger partial charge is 0.458 e. The molecule has 3 heterocycles. The standard InChI is InChI=1S/C23H21FN2O4/c1-3-11-13-6-4-5-12-10(2)16(24)8-17(19(12)13)25-20(11)18-7-14-15(22(28)26-18)9-30-23(29)21(14)27/h7-8,21,27H,3-6,9H2,1-2H3,(H,26,28). The molecule has 0 amide bonds. The van der Waals surface area contributed by atoms with Gasteiger partial charge in [-0.1, -0.05) is 6.92 Å². The fourth-order valence-electron chi connectivity index (χ4n) is 4.80. The average Bonchev–Trinajstić information content (AvgIpc) is 2.74. The van der Waals surface area contributed by atoms with Crippen LogP contribution in [-0.2, 0) is 35.4 Å². The number of ether oxygens (including phenoxy) is 1. The molecule has 154 valence electrons. The number of rotatable bonds is 2. The van der Waals surface area contributed by atoms with E-state index in [0.717, 1.165) is 41.3 Å². The van der Waals surface area contributed by atoms with Gasteiger partial charge in [-0.05, 0) is 60.9 Å². The number of benzene rings is 1. The molecule has 1 aliphatic carbocycles. The third-order valence-corrected chi connectivity index (χ3v) is 6.33. The zero-order valence-electron chi connectivity index (χ0n) is 16.8. The Labute approximate surface area is 171 Å². The van der Waals surface area contributed by atoms with Crippen LogP contribution >= 0.6 is 0 Å². The normalized spacial score (nSPS) is 17.7. The fourth-order valence-corrected chi connectivity index (χ4v) is 4.80. The highest BCUT2D eigenvalue weighted by molar-refractivity contribution is 5.91. The summed E-state index contributed by atoms with van der Waals surface area (Å²) in [5.74, 6) is -1.07. The number of hydrogen-bond donors (Lipinski definition) is 2. The van der Waals surface area contributed by atoms with Crippen LogP contribution in [0.1, 0.15) is 52.8 Å². The first-order valence-electron chi connectivity index (χ1n) is 10.1. The molecule has 1 unspecified atom stereocenters. The molecule has 0 saturated heterocycles. The first kappa shape index (κ1) is 18.9. The maximum Gasteiger partial charge on any atom is 0.340 e. The number of aromatic amines is 1. The SMILES string of the molecule is CCc1c(-c2cc3c(c(=O)[nH]2)COC(=O)C3O)nc2cc(F)c(C)c3c2c1CCC3. The summed E-state index contributed by atoms with van der Waals surface area (Å²) in [6.45, 7) is 3.65. The summed E-state index contributed by atoms with van der Waals surface area (Å²) in [5, 5.41) is 11.3. The topological polar surface area (TPSA) is 92.3 Å². The Morgan fingerprint density at radius 3 is 2.77 bits per heavy atom. The molecule has 0 spiro atoms. The molecule has 7 heteroatoms. The highest BCUT2D eigenvalue weighted by Gasteiger charge is 2.31. The summed E-state index contributed by atoms with van der Waals surface area (Å²) in [6.07, 6.45) is 1.78. The highest BCUT2D eigenvalue weighted by Crippen LogP contribution is 2.38. The van der Waals surface area contributed by atoms with E-state index in [2.05, 4.69) is 4.98 Å². The van der Waals surface area contributed by atoms with E-state index in [1.807, 2.05) is 6.92 Å². The molecule has 6 nitrogen and oxygen atoms in total. The number of nitrogens with one attached hydrogen (secondary N) is 1. The molecule has 1 aromatic carbocycles. The van der Waals surface area contributed by atoms with Crippen LogP contribution in [0.25, 0.3) is 22.3 Å². The van der Waals surface area contributed by atoms with Gasteiger partial charge >= 0.3 is 5.97 Å². The average molecular weight is 408 g/mol. The Balaban J connectivity index is 1.83. The molecule has 2 N–H and O–H groups in total. The fraction of sp³-hybridized carbons (Fsp3) is 0.348. The molecule has 5 rings (SSSR count). The van der Waals surface area contributed by atoms with Crippen LogP contribution in [0, 0.1) is 12.7 Å². The Kier molecular flexibility index (Phi) is 4.25. The van der Waals surface area contributed by atoms with E-state index in [4.69, 9.17) is 9.72 Å². The van der Waals surface area contributed by atoms with Crippen molar-refractivity contribution in [2.45, 2.75) is 52.2 Å². The van der Waals surface area contributed by atoms with Gasteiger partial charge in [-0.3, -0.25) is 4.79 Å². The Morgan fingerprint density at radius 1 is 1.23 bits per heavy atom. The van der Waals surface area contributed by atoms with Gasteiger partial charge in [0.25, 0.3) is 5.56 Å². The first-order valence-corrected chi connectivity index (χ1v) is 10.1. The Hall–Kier alpha value is -3.06. The van der Waals surface area contributed by atoms with Crippen molar-refractivity contribution >= 4 is 16.9 Å². The molecule has 2 aliphatic rings. The van der Waals surface area contributed by atoms with Crippen LogP contribution in [0.15, 0.2) is 16.9 Å². The number of pyridine rings is 2. The van der Waals surface area contributed by atoms with E-state index < -0.39 is 17.6 Å². The van der Waals surface area contributed by atoms with Gasteiger partial charge in [-0.15, -0.1) is 0 Å². The smallest absolute Gasteiger partial charge is 0.340 e. The number of esters is 1. The van der Waals surface area contributed by atoms with Gasteiger partial charge in [-0.2, -0.15) is 0 Å². The van der Waals surface area contributed by atoms with Gasteiger partial charge in [0.2, 0.25) is 0 Å². The summed E-state index contributed by atoms with van der Waals surface area (Å²) in [6, 6.07) is 3.05. The number of hydrogen-bond acceptors (Lipinski definition) is 5. The highest BCUT2D eigenvalue weighted by atomic mass is 19.1.